The van der Waals surface area contributed by atoms with Crippen molar-refractivity contribution in [2.75, 3.05) is 0 Å². The molecule has 1 fully saturated rings. The van der Waals surface area contributed by atoms with Gasteiger partial charge in [-0.3, -0.25) is 0 Å². The van der Waals surface area contributed by atoms with Gasteiger partial charge >= 0.3 is 0 Å². The molecule has 1 saturated carbocycles. The van der Waals surface area contributed by atoms with Crippen molar-refractivity contribution in [2.24, 2.45) is 11.8 Å². The van der Waals surface area contributed by atoms with E-state index in [1.54, 1.807) is 0 Å². The van der Waals surface area contributed by atoms with Gasteiger partial charge in [0.25, 0.3) is 0 Å². The maximum absolute atomic E-state index is 6.05. The van der Waals surface area contributed by atoms with Gasteiger partial charge in [-0.2, -0.15) is 0 Å². The Morgan fingerprint density at radius 3 is 2.78 bits per heavy atom. The normalized spacial score (nSPS) is 29.4. The van der Waals surface area contributed by atoms with Crippen LogP contribution in [0.5, 0.6) is 0 Å². The molecule has 0 aliphatic heterocycles. The summed E-state index contributed by atoms with van der Waals surface area (Å²) < 4.78 is 0. The highest BCUT2D eigenvalue weighted by atomic mass is 35.5. The largest absolute Gasteiger partial charge is 0.307 e. The van der Waals surface area contributed by atoms with Crippen molar-refractivity contribution in [3.05, 3.63) is 34.9 Å². The molecule has 0 aromatic heterocycles. The van der Waals surface area contributed by atoms with Crippen molar-refractivity contribution in [1.29, 1.82) is 0 Å². The summed E-state index contributed by atoms with van der Waals surface area (Å²) in [4.78, 5) is 0. The second-order valence-corrected chi connectivity index (χ2v) is 6.09. The molecule has 0 radical (unpaired) electrons. The third kappa shape index (κ3) is 3.07. The quantitative estimate of drug-likeness (QED) is 0.823. The summed E-state index contributed by atoms with van der Waals surface area (Å²) in [6.07, 6.45) is 3.99. The van der Waals surface area contributed by atoms with Crippen LogP contribution in [0.2, 0.25) is 5.02 Å². The fourth-order valence-electron chi connectivity index (χ4n) is 3.25. The average molecular weight is 266 g/mol. The zero-order valence-electron chi connectivity index (χ0n) is 11.6. The van der Waals surface area contributed by atoms with E-state index in [0.717, 1.165) is 16.9 Å². The van der Waals surface area contributed by atoms with Crippen LogP contribution in [0, 0.1) is 11.8 Å². The van der Waals surface area contributed by atoms with Crippen LogP contribution in [0.25, 0.3) is 0 Å². The summed E-state index contributed by atoms with van der Waals surface area (Å²) in [5.74, 6) is 1.69. The molecular formula is C16H24ClN. The Morgan fingerprint density at radius 1 is 1.39 bits per heavy atom. The number of rotatable bonds is 4. The molecule has 2 heteroatoms. The fourth-order valence-corrected chi connectivity index (χ4v) is 3.45. The number of hydrogen-bond donors (Lipinski definition) is 1. The maximum atomic E-state index is 6.05. The summed E-state index contributed by atoms with van der Waals surface area (Å²) in [6, 6.07) is 9.22. The van der Waals surface area contributed by atoms with Gasteiger partial charge in [0, 0.05) is 17.1 Å². The van der Waals surface area contributed by atoms with E-state index < -0.39 is 0 Å². The molecule has 2 rings (SSSR count). The zero-order chi connectivity index (χ0) is 13.1. The van der Waals surface area contributed by atoms with Gasteiger partial charge in [0.1, 0.15) is 0 Å². The smallest absolute Gasteiger partial charge is 0.0409 e. The first kappa shape index (κ1) is 13.9. The SMILES string of the molecule is CCC1CCC(NC(C)c2cccc(Cl)c2)C1C. The zero-order valence-corrected chi connectivity index (χ0v) is 12.4. The lowest BCUT2D eigenvalue weighted by Gasteiger charge is -2.25. The van der Waals surface area contributed by atoms with Crippen LogP contribution >= 0.6 is 11.6 Å². The van der Waals surface area contributed by atoms with Crippen molar-refractivity contribution < 1.29 is 0 Å². The highest BCUT2D eigenvalue weighted by molar-refractivity contribution is 6.30. The Kier molecular flexibility index (Phi) is 4.69. The second kappa shape index (κ2) is 6.08. The third-order valence-corrected chi connectivity index (χ3v) is 4.80. The van der Waals surface area contributed by atoms with E-state index in [9.17, 15) is 0 Å². The average Bonchev–Trinajstić information content (AvgIpc) is 2.70. The summed E-state index contributed by atoms with van der Waals surface area (Å²) in [7, 11) is 0. The van der Waals surface area contributed by atoms with Crippen LogP contribution in [-0.4, -0.2) is 6.04 Å². The van der Waals surface area contributed by atoms with Crippen molar-refractivity contribution in [3.8, 4) is 0 Å². The summed E-state index contributed by atoms with van der Waals surface area (Å²) in [5.41, 5.74) is 1.29. The van der Waals surface area contributed by atoms with Crippen molar-refractivity contribution >= 4 is 11.6 Å². The van der Waals surface area contributed by atoms with Gasteiger partial charge in [-0.1, -0.05) is 44.0 Å². The van der Waals surface area contributed by atoms with Gasteiger partial charge in [-0.25, -0.2) is 0 Å². The van der Waals surface area contributed by atoms with Crippen LogP contribution in [-0.2, 0) is 0 Å². The first-order chi connectivity index (χ1) is 8.61. The number of benzene rings is 1. The van der Waals surface area contributed by atoms with Gasteiger partial charge < -0.3 is 5.32 Å². The minimum absolute atomic E-state index is 0.381. The van der Waals surface area contributed by atoms with E-state index >= 15 is 0 Å². The van der Waals surface area contributed by atoms with Gasteiger partial charge in [0.05, 0.1) is 0 Å². The van der Waals surface area contributed by atoms with E-state index in [0.29, 0.717) is 12.1 Å². The van der Waals surface area contributed by atoms with Crippen LogP contribution in [0.15, 0.2) is 24.3 Å². The van der Waals surface area contributed by atoms with E-state index in [-0.39, 0.29) is 0 Å². The molecule has 1 aliphatic carbocycles. The van der Waals surface area contributed by atoms with Crippen LogP contribution < -0.4 is 5.32 Å². The van der Waals surface area contributed by atoms with Gasteiger partial charge in [0.2, 0.25) is 0 Å². The molecule has 0 heterocycles. The minimum atomic E-state index is 0.381. The lowest BCUT2D eigenvalue weighted by Crippen LogP contribution is -2.34. The van der Waals surface area contributed by atoms with Gasteiger partial charge in [0.15, 0.2) is 0 Å². The first-order valence-electron chi connectivity index (χ1n) is 7.13. The first-order valence-corrected chi connectivity index (χ1v) is 7.51. The molecule has 1 aromatic carbocycles. The standard InChI is InChI=1S/C16H24ClN/c1-4-13-8-9-16(11(13)2)18-12(3)14-6-5-7-15(17)10-14/h5-7,10-13,16,18H,4,8-9H2,1-3H3. The second-order valence-electron chi connectivity index (χ2n) is 5.65. The Bertz CT molecular complexity index is 390. The Balaban J connectivity index is 1.98. The molecule has 0 amide bonds. The highest BCUT2D eigenvalue weighted by Gasteiger charge is 2.32. The van der Waals surface area contributed by atoms with E-state index in [1.807, 2.05) is 12.1 Å². The molecule has 1 nitrogen and oxygen atoms in total. The topological polar surface area (TPSA) is 12.0 Å². The minimum Gasteiger partial charge on any atom is -0.307 e. The molecule has 1 N–H and O–H groups in total. The lowest BCUT2D eigenvalue weighted by molar-refractivity contribution is 0.327. The van der Waals surface area contributed by atoms with Crippen LogP contribution in [0.4, 0.5) is 0 Å². The van der Waals surface area contributed by atoms with E-state index in [1.165, 1.54) is 24.8 Å². The van der Waals surface area contributed by atoms with Crippen molar-refractivity contribution in [1.82, 2.24) is 5.32 Å². The Labute approximate surface area is 116 Å². The molecule has 1 aromatic rings. The van der Waals surface area contributed by atoms with E-state index in [4.69, 9.17) is 11.6 Å². The Hall–Kier alpha value is -0.530. The van der Waals surface area contributed by atoms with Crippen molar-refractivity contribution in [3.63, 3.8) is 0 Å². The third-order valence-electron chi connectivity index (χ3n) is 4.56. The van der Waals surface area contributed by atoms with Crippen molar-refractivity contribution in [2.45, 2.75) is 52.1 Å². The Morgan fingerprint density at radius 2 is 2.17 bits per heavy atom. The molecule has 4 atom stereocenters. The molecule has 1 aliphatic rings. The number of hydrogen-bond acceptors (Lipinski definition) is 1. The van der Waals surface area contributed by atoms with Crippen LogP contribution in [0.1, 0.15) is 51.6 Å². The molecule has 18 heavy (non-hydrogen) atoms. The number of halogens is 1. The molecule has 0 spiro atoms. The summed E-state index contributed by atoms with van der Waals surface area (Å²) >= 11 is 6.05. The van der Waals surface area contributed by atoms with E-state index in [2.05, 4.69) is 38.2 Å². The maximum Gasteiger partial charge on any atom is 0.0409 e. The summed E-state index contributed by atoms with van der Waals surface area (Å²) in [5, 5.41) is 4.60. The predicted octanol–water partition coefficient (Wildman–Crippen LogP) is 4.82. The summed E-state index contributed by atoms with van der Waals surface area (Å²) in [6.45, 7) is 6.94. The molecule has 0 saturated heterocycles. The lowest BCUT2D eigenvalue weighted by atomic mass is 9.93. The van der Waals surface area contributed by atoms with Crippen LogP contribution in [0.3, 0.4) is 0 Å². The highest BCUT2D eigenvalue weighted by Crippen LogP contribution is 2.35. The monoisotopic (exact) mass is 265 g/mol. The molecule has 0 bridgehead atoms. The molecule has 4 unspecified atom stereocenters. The van der Waals surface area contributed by atoms with Gasteiger partial charge in [-0.05, 0) is 49.3 Å². The molecular weight excluding hydrogens is 242 g/mol. The molecule has 100 valence electrons. The fraction of sp³-hybridized carbons (Fsp3) is 0.625. The number of nitrogens with one attached hydrogen (secondary N) is 1. The predicted molar refractivity (Wildman–Crippen MR) is 79.0 cm³/mol. The van der Waals surface area contributed by atoms with Gasteiger partial charge in [-0.15, -0.1) is 0 Å².